The second-order valence-corrected chi connectivity index (χ2v) is 6.43. The van der Waals surface area contributed by atoms with Crippen molar-refractivity contribution in [3.8, 4) is 0 Å². The molecule has 2 heterocycles. The Kier molecular flexibility index (Phi) is 6.22. The smallest absolute Gasteiger partial charge is 0.238 e. The van der Waals surface area contributed by atoms with E-state index >= 15 is 0 Å². The number of hydrazine groups is 1. The van der Waals surface area contributed by atoms with Crippen LogP contribution in [0.4, 0.5) is 5.69 Å². The summed E-state index contributed by atoms with van der Waals surface area (Å²) in [6, 6.07) is 11.4. The van der Waals surface area contributed by atoms with Gasteiger partial charge < -0.3 is 10.6 Å². The third kappa shape index (κ3) is 5.16. The van der Waals surface area contributed by atoms with E-state index in [0.29, 0.717) is 18.0 Å². The van der Waals surface area contributed by atoms with E-state index in [-0.39, 0.29) is 18.0 Å². The van der Waals surface area contributed by atoms with Crippen LogP contribution in [-0.4, -0.2) is 30.0 Å². The fraction of sp³-hybridized carbons (Fsp3) is 0.333. The standard InChI is InChI=1S/C18H22ClN5O/c19-14-6-4-13(5-7-14)16-11-17(24-23-16)18(25)22-10-2-9-21-15-3-1-8-20-12-15/h1,3-8,12,16-17,21,23-24H,2,9-11H2,(H,22,25). The Labute approximate surface area is 152 Å². The highest BCUT2D eigenvalue weighted by Crippen LogP contribution is 2.23. The number of pyridine rings is 1. The number of hydrogen-bond donors (Lipinski definition) is 4. The summed E-state index contributed by atoms with van der Waals surface area (Å²) < 4.78 is 0. The average molecular weight is 360 g/mol. The van der Waals surface area contributed by atoms with Crippen LogP contribution in [-0.2, 0) is 4.79 Å². The molecule has 1 aromatic heterocycles. The molecule has 1 fully saturated rings. The Balaban J connectivity index is 1.35. The second-order valence-electron chi connectivity index (χ2n) is 5.99. The Morgan fingerprint density at radius 1 is 1.20 bits per heavy atom. The molecule has 2 unspecified atom stereocenters. The van der Waals surface area contributed by atoms with Gasteiger partial charge in [0.15, 0.2) is 0 Å². The monoisotopic (exact) mass is 359 g/mol. The molecule has 3 rings (SSSR count). The number of amides is 1. The summed E-state index contributed by atoms with van der Waals surface area (Å²) in [6.07, 6.45) is 5.08. The highest BCUT2D eigenvalue weighted by atomic mass is 35.5. The fourth-order valence-corrected chi connectivity index (χ4v) is 2.89. The molecule has 0 radical (unpaired) electrons. The van der Waals surface area contributed by atoms with Crippen LogP contribution in [0.2, 0.25) is 5.02 Å². The van der Waals surface area contributed by atoms with Gasteiger partial charge in [-0.2, -0.15) is 0 Å². The summed E-state index contributed by atoms with van der Waals surface area (Å²) in [5, 5.41) is 6.95. The van der Waals surface area contributed by atoms with Gasteiger partial charge in [0.25, 0.3) is 0 Å². The van der Waals surface area contributed by atoms with Crippen molar-refractivity contribution in [2.45, 2.75) is 24.9 Å². The summed E-state index contributed by atoms with van der Waals surface area (Å²) in [5.41, 5.74) is 8.35. The van der Waals surface area contributed by atoms with Crippen LogP contribution in [0.1, 0.15) is 24.4 Å². The molecule has 0 bridgehead atoms. The van der Waals surface area contributed by atoms with E-state index in [9.17, 15) is 4.79 Å². The molecule has 1 aromatic carbocycles. The molecule has 7 heteroatoms. The first-order chi connectivity index (χ1) is 12.2. The molecule has 4 N–H and O–H groups in total. The van der Waals surface area contributed by atoms with E-state index in [1.54, 1.807) is 12.4 Å². The highest BCUT2D eigenvalue weighted by molar-refractivity contribution is 6.30. The van der Waals surface area contributed by atoms with E-state index in [2.05, 4.69) is 26.5 Å². The molecule has 2 atom stereocenters. The number of benzene rings is 1. The normalized spacial score (nSPS) is 19.6. The molecule has 0 spiro atoms. The molecule has 2 aromatic rings. The summed E-state index contributed by atoms with van der Waals surface area (Å²) >= 11 is 5.91. The molecule has 0 saturated carbocycles. The number of carbonyl (C=O) groups is 1. The number of hydrogen-bond acceptors (Lipinski definition) is 5. The maximum atomic E-state index is 12.2. The lowest BCUT2D eigenvalue weighted by atomic mass is 10.0. The van der Waals surface area contributed by atoms with Crippen LogP contribution in [0.5, 0.6) is 0 Å². The van der Waals surface area contributed by atoms with Crippen molar-refractivity contribution in [3.05, 3.63) is 59.4 Å². The summed E-state index contributed by atoms with van der Waals surface area (Å²) in [7, 11) is 0. The van der Waals surface area contributed by atoms with Gasteiger partial charge in [0.05, 0.1) is 5.69 Å². The quantitative estimate of drug-likeness (QED) is 0.570. The van der Waals surface area contributed by atoms with Crippen molar-refractivity contribution in [2.24, 2.45) is 0 Å². The predicted octanol–water partition coefficient (Wildman–Crippen LogP) is 2.26. The van der Waals surface area contributed by atoms with Gasteiger partial charge in [0.1, 0.15) is 6.04 Å². The first kappa shape index (κ1) is 17.7. The van der Waals surface area contributed by atoms with E-state index in [4.69, 9.17) is 11.6 Å². The lowest BCUT2D eigenvalue weighted by Gasteiger charge is -2.11. The van der Waals surface area contributed by atoms with E-state index in [1.807, 2.05) is 36.4 Å². The van der Waals surface area contributed by atoms with Gasteiger partial charge in [0, 0.05) is 36.5 Å². The number of anilines is 1. The van der Waals surface area contributed by atoms with Crippen LogP contribution >= 0.6 is 11.6 Å². The van der Waals surface area contributed by atoms with Gasteiger partial charge >= 0.3 is 0 Å². The lowest BCUT2D eigenvalue weighted by Crippen LogP contribution is -2.43. The van der Waals surface area contributed by atoms with Gasteiger partial charge in [-0.1, -0.05) is 23.7 Å². The average Bonchev–Trinajstić information content (AvgIpc) is 3.13. The van der Waals surface area contributed by atoms with Crippen molar-refractivity contribution in [1.29, 1.82) is 0 Å². The molecular weight excluding hydrogens is 338 g/mol. The zero-order chi connectivity index (χ0) is 17.5. The number of halogens is 1. The number of rotatable bonds is 7. The molecule has 6 nitrogen and oxygen atoms in total. The SMILES string of the molecule is O=C(NCCCNc1cccnc1)C1CC(c2ccc(Cl)cc2)NN1. The van der Waals surface area contributed by atoms with Gasteiger partial charge in [-0.25, -0.2) is 10.9 Å². The second kappa shape index (κ2) is 8.80. The topological polar surface area (TPSA) is 78.1 Å². The molecule has 1 saturated heterocycles. The number of carbonyl (C=O) groups excluding carboxylic acids is 1. The predicted molar refractivity (Wildman–Crippen MR) is 99.2 cm³/mol. The van der Waals surface area contributed by atoms with Crippen LogP contribution in [0, 0.1) is 0 Å². The van der Waals surface area contributed by atoms with Crippen molar-refractivity contribution in [3.63, 3.8) is 0 Å². The number of aromatic nitrogens is 1. The Hall–Kier alpha value is -2.15. The van der Waals surface area contributed by atoms with Gasteiger partial charge in [-0.15, -0.1) is 0 Å². The van der Waals surface area contributed by atoms with Crippen LogP contribution in [0.3, 0.4) is 0 Å². The van der Waals surface area contributed by atoms with Crippen molar-refractivity contribution >= 4 is 23.2 Å². The summed E-state index contributed by atoms with van der Waals surface area (Å²) in [5.74, 6) is 0.0188. The minimum Gasteiger partial charge on any atom is -0.384 e. The van der Waals surface area contributed by atoms with Crippen molar-refractivity contribution in [1.82, 2.24) is 21.2 Å². The molecule has 0 aliphatic carbocycles. The molecule has 132 valence electrons. The Morgan fingerprint density at radius 2 is 2.04 bits per heavy atom. The van der Waals surface area contributed by atoms with Gasteiger partial charge in [-0.3, -0.25) is 9.78 Å². The molecule has 1 amide bonds. The van der Waals surface area contributed by atoms with Crippen molar-refractivity contribution < 1.29 is 4.79 Å². The van der Waals surface area contributed by atoms with Crippen molar-refractivity contribution in [2.75, 3.05) is 18.4 Å². The van der Waals surface area contributed by atoms with Gasteiger partial charge in [-0.05, 0) is 42.7 Å². The molecule has 1 aliphatic rings. The summed E-state index contributed by atoms with van der Waals surface area (Å²) in [6.45, 7) is 1.42. The van der Waals surface area contributed by atoms with Crippen LogP contribution < -0.4 is 21.5 Å². The first-order valence-electron chi connectivity index (χ1n) is 8.40. The molecule has 1 aliphatic heterocycles. The Bertz CT molecular complexity index is 680. The van der Waals surface area contributed by atoms with E-state index in [0.717, 1.165) is 24.2 Å². The third-order valence-corrected chi connectivity index (χ3v) is 4.39. The maximum absolute atomic E-state index is 12.2. The molecular formula is C18H22ClN5O. The van der Waals surface area contributed by atoms with E-state index < -0.39 is 0 Å². The van der Waals surface area contributed by atoms with Crippen LogP contribution in [0.25, 0.3) is 0 Å². The zero-order valence-corrected chi connectivity index (χ0v) is 14.6. The minimum atomic E-state index is -0.230. The zero-order valence-electron chi connectivity index (χ0n) is 13.8. The first-order valence-corrected chi connectivity index (χ1v) is 8.78. The lowest BCUT2D eigenvalue weighted by molar-refractivity contribution is -0.122. The van der Waals surface area contributed by atoms with E-state index in [1.165, 1.54) is 0 Å². The number of nitrogens with one attached hydrogen (secondary N) is 4. The third-order valence-electron chi connectivity index (χ3n) is 4.14. The van der Waals surface area contributed by atoms with Crippen LogP contribution in [0.15, 0.2) is 48.8 Å². The summed E-state index contributed by atoms with van der Waals surface area (Å²) in [4.78, 5) is 16.3. The van der Waals surface area contributed by atoms with Gasteiger partial charge in [0.2, 0.25) is 5.91 Å². The number of nitrogens with zero attached hydrogens (tertiary/aromatic N) is 1. The minimum absolute atomic E-state index is 0.0188. The Morgan fingerprint density at radius 3 is 2.80 bits per heavy atom. The molecule has 25 heavy (non-hydrogen) atoms. The highest BCUT2D eigenvalue weighted by Gasteiger charge is 2.29. The maximum Gasteiger partial charge on any atom is 0.238 e. The largest absolute Gasteiger partial charge is 0.384 e. The fourth-order valence-electron chi connectivity index (χ4n) is 2.77.